The van der Waals surface area contributed by atoms with Gasteiger partial charge in [0.2, 0.25) is 0 Å². The summed E-state index contributed by atoms with van der Waals surface area (Å²) >= 11 is 0. The molecule has 0 radical (unpaired) electrons. The van der Waals surface area contributed by atoms with Crippen molar-refractivity contribution in [1.82, 2.24) is 0 Å². The number of unbranched alkanes of at least 4 members (excludes halogenated alkanes) is 3. The monoisotopic (exact) mass is 419 g/mol. The van der Waals surface area contributed by atoms with Gasteiger partial charge in [0.05, 0.1) is 11.3 Å². The highest BCUT2D eigenvalue weighted by atomic mass is 16.5. The van der Waals surface area contributed by atoms with E-state index in [2.05, 4.69) is 49.9 Å². The average Bonchev–Trinajstić information content (AvgIpc) is 3.24. The van der Waals surface area contributed by atoms with E-state index in [9.17, 15) is 4.79 Å². The topological polar surface area (TPSA) is 29.5 Å². The highest BCUT2D eigenvalue weighted by Crippen LogP contribution is 2.44. The van der Waals surface area contributed by atoms with Crippen LogP contribution in [0.25, 0.3) is 0 Å². The van der Waals surface area contributed by atoms with Gasteiger partial charge in [0, 0.05) is 19.0 Å². The third kappa shape index (κ3) is 4.81. The van der Waals surface area contributed by atoms with Crippen molar-refractivity contribution in [3.8, 4) is 5.75 Å². The highest BCUT2D eigenvalue weighted by Gasteiger charge is 2.38. The van der Waals surface area contributed by atoms with Crippen LogP contribution in [0.15, 0.2) is 42.5 Å². The first kappa shape index (κ1) is 21.9. The van der Waals surface area contributed by atoms with Crippen LogP contribution in [0, 0.1) is 0 Å². The van der Waals surface area contributed by atoms with E-state index in [4.69, 9.17) is 4.74 Å². The molecular formula is C28H37NO2. The van der Waals surface area contributed by atoms with Gasteiger partial charge in [0.1, 0.15) is 12.4 Å². The second-order valence-corrected chi connectivity index (χ2v) is 9.95. The van der Waals surface area contributed by atoms with Crippen LogP contribution < -0.4 is 9.64 Å². The molecule has 0 aromatic heterocycles. The van der Waals surface area contributed by atoms with Crippen molar-refractivity contribution in [3.63, 3.8) is 0 Å². The van der Waals surface area contributed by atoms with Crippen molar-refractivity contribution in [3.05, 3.63) is 59.2 Å². The molecule has 1 atom stereocenters. The van der Waals surface area contributed by atoms with Gasteiger partial charge in [-0.05, 0) is 47.9 Å². The molecule has 1 unspecified atom stereocenters. The molecular weight excluding hydrogens is 382 g/mol. The van der Waals surface area contributed by atoms with Crippen LogP contribution in [-0.2, 0) is 12.0 Å². The molecule has 0 bridgehead atoms. The van der Waals surface area contributed by atoms with Gasteiger partial charge in [-0.15, -0.1) is 0 Å². The van der Waals surface area contributed by atoms with Gasteiger partial charge in [-0.25, -0.2) is 0 Å². The average molecular weight is 420 g/mol. The van der Waals surface area contributed by atoms with Crippen molar-refractivity contribution in [1.29, 1.82) is 0 Å². The normalized spacial score (nSPS) is 18.1. The molecule has 2 aliphatic heterocycles. The summed E-state index contributed by atoms with van der Waals surface area (Å²) in [5, 5.41) is 0. The lowest BCUT2D eigenvalue weighted by Gasteiger charge is -2.36. The molecule has 0 N–H and O–H groups in total. The first-order valence-corrected chi connectivity index (χ1v) is 12.1. The Hall–Kier alpha value is -2.29. The fourth-order valence-electron chi connectivity index (χ4n) is 5.17. The molecule has 1 fully saturated rings. The van der Waals surface area contributed by atoms with Crippen LogP contribution in [0.3, 0.4) is 0 Å². The van der Waals surface area contributed by atoms with Gasteiger partial charge >= 0.3 is 0 Å². The number of ketones is 1. The zero-order chi connectivity index (χ0) is 21.8. The molecule has 2 heterocycles. The Morgan fingerprint density at radius 3 is 2.68 bits per heavy atom. The Morgan fingerprint density at radius 2 is 1.90 bits per heavy atom. The quantitative estimate of drug-likeness (QED) is 0.407. The molecule has 2 aromatic rings. The van der Waals surface area contributed by atoms with Crippen molar-refractivity contribution in [2.75, 3.05) is 11.4 Å². The van der Waals surface area contributed by atoms with Gasteiger partial charge in [-0.1, -0.05) is 76.8 Å². The largest absolute Gasteiger partial charge is 0.488 e. The van der Waals surface area contributed by atoms with E-state index in [1.54, 1.807) is 0 Å². The summed E-state index contributed by atoms with van der Waals surface area (Å²) in [5.41, 5.74) is 4.40. The summed E-state index contributed by atoms with van der Waals surface area (Å²) < 4.78 is 6.34. The number of anilines is 1. The maximum atomic E-state index is 13.2. The molecule has 3 nitrogen and oxygen atoms in total. The zero-order valence-electron chi connectivity index (χ0n) is 19.5. The number of fused-ring (bicyclic) bond motifs is 3. The van der Waals surface area contributed by atoms with Crippen molar-refractivity contribution in [2.45, 2.75) is 90.2 Å². The van der Waals surface area contributed by atoms with Crippen molar-refractivity contribution < 1.29 is 9.53 Å². The minimum atomic E-state index is 0.0589. The Bertz CT molecular complexity index is 903. The van der Waals surface area contributed by atoms with Crippen LogP contribution >= 0.6 is 0 Å². The molecule has 4 rings (SSSR count). The van der Waals surface area contributed by atoms with Crippen molar-refractivity contribution in [2.24, 2.45) is 0 Å². The number of ether oxygens (including phenoxy) is 1. The molecule has 166 valence electrons. The molecule has 2 aliphatic rings. The predicted molar refractivity (Wildman–Crippen MR) is 128 cm³/mol. The minimum Gasteiger partial charge on any atom is -0.488 e. The third-order valence-electron chi connectivity index (χ3n) is 7.14. The standard InChI is InChI=1S/C28H37NO2/c1-4-5-6-10-15-28(2,3)22-17-24-27(25(30)19-23-14-11-16-29(23)24)26(18-22)31-20-21-12-8-7-9-13-21/h7-9,12-13,17-18,23H,4-6,10-11,14-16,19-20H2,1-3H3. The lowest BCUT2D eigenvalue weighted by Crippen LogP contribution is -2.37. The summed E-state index contributed by atoms with van der Waals surface area (Å²) in [5.74, 6) is 1.02. The molecule has 31 heavy (non-hydrogen) atoms. The van der Waals surface area contributed by atoms with Gasteiger partial charge in [-0.3, -0.25) is 4.79 Å². The molecule has 0 aliphatic carbocycles. The molecule has 2 aromatic carbocycles. The SMILES string of the molecule is CCCCCCC(C)(C)c1cc(OCc2ccccc2)c2c(c1)N1CCCC1CC2=O. The van der Waals surface area contributed by atoms with Crippen LogP contribution in [0.5, 0.6) is 5.75 Å². The minimum absolute atomic E-state index is 0.0589. The zero-order valence-corrected chi connectivity index (χ0v) is 19.5. The predicted octanol–water partition coefficient (Wildman–Crippen LogP) is 7.07. The maximum absolute atomic E-state index is 13.2. The highest BCUT2D eigenvalue weighted by molar-refractivity contribution is 6.06. The second-order valence-electron chi connectivity index (χ2n) is 9.95. The van der Waals surface area contributed by atoms with E-state index < -0.39 is 0 Å². The Balaban J connectivity index is 1.67. The van der Waals surface area contributed by atoms with Crippen LogP contribution in [-0.4, -0.2) is 18.4 Å². The number of rotatable bonds is 9. The maximum Gasteiger partial charge on any atom is 0.170 e. The number of hydrogen-bond donors (Lipinski definition) is 0. The number of Topliss-reactive ketones (excluding diaryl/α,β-unsaturated/α-hetero) is 1. The second kappa shape index (κ2) is 9.46. The number of carbonyl (C=O) groups excluding carboxylic acids is 1. The molecule has 0 amide bonds. The summed E-state index contributed by atoms with van der Waals surface area (Å²) in [6.45, 7) is 8.48. The smallest absolute Gasteiger partial charge is 0.170 e. The van der Waals surface area contributed by atoms with Gasteiger partial charge in [-0.2, -0.15) is 0 Å². The lowest BCUT2D eigenvalue weighted by atomic mass is 9.78. The molecule has 1 saturated heterocycles. The van der Waals surface area contributed by atoms with E-state index in [0.717, 1.165) is 42.0 Å². The Morgan fingerprint density at radius 1 is 1.10 bits per heavy atom. The Kier molecular flexibility index (Phi) is 6.69. The van der Waals surface area contributed by atoms with E-state index >= 15 is 0 Å². The van der Waals surface area contributed by atoms with Crippen LogP contribution in [0.1, 0.15) is 93.6 Å². The van der Waals surface area contributed by atoms with E-state index in [1.807, 2.05) is 18.2 Å². The van der Waals surface area contributed by atoms with Gasteiger partial charge in [0.15, 0.2) is 5.78 Å². The molecule has 3 heteroatoms. The van der Waals surface area contributed by atoms with Crippen LogP contribution in [0.4, 0.5) is 5.69 Å². The fourth-order valence-corrected chi connectivity index (χ4v) is 5.17. The van der Waals surface area contributed by atoms with Crippen molar-refractivity contribution >= 4 is 11.5 Å². The number of hydrogen-bond acceptors (Lipinski definition) is 3. The summed E-state index contributed by atoms with van der Waals surface area (Å²) in [6.07, 6.45) is 9.15. The summed E-state index contributed by atoms with van der Waals surface area (Å²) in [7, 11) is 0. The van der Waals surface area contributed by atoms with Gasteiger partial charge in [0.25, 0.3) is 0 Å². The van der Waals surface area contributed by atoms with E-state index in [0.29, 0.717) is 19.1 Å². The summed E-state index contributed by atoms with van der Waals surface area (Å²) in [6, 6.07) is 15.1. The fraction of sp³-hybridized carbons (Fsp3) is 0.536. The first-order valence-electron chi connectivity index (χ1n) is 12.1. The number of nitrogens with zero attached hydrogens (tertiary/aromatic N) is 1. The molecule has 0 spiro atoms. The van der Waals surface area contributed by atoms with Gasteiger partial charge < -0.3 is 9.64 Å². The van der Waals surface area contributed by atoms with E-state index in [1.165, 1.54) is 37.7 Å². The Labute approximate surface area is 187 Å². The molecule has 0 saturated carbocycles. The number of carbonyl (C=O) groups is 1. The lowest BCUT2D eigenvalue weighted by molar-refractivity contribution is 0.0964. The third-order valence-corrected chi connectivity index (χ3v) is 7.14. The van der Waals surface area contributed by atoms with Crippen LogP contribution in [0.2, 0.25) is 0 Å². The van der Waals surface area contributed by atoms with E-state index in [-0.39, 0.29) is 11.2 Å². The summed E-state index contributed by atoms with van der Waals surface area (Å²) in [4.78, 5) is 15.6. The first-order chi connectivity index (χ1) is 15.0. The number of benzene rings is 2.